The van der Waals surface area contributed by atoms with Crippen molar-refractivity contribution in [1.29, 1.82) is 0 Å². The van der Waals surface area contributed by atoms with Gasteiger partial charge in [-0.1, -0.05) is 6.92 Å². The summed E-state index contributed by atoms with van der Waals surface area (Å²) in [6.45, 7) is 2.12. The van der Waals surface area contributed by atoms with Gasteiger partial charge in [-0.3, -0.25) is 4.79 Å². The van der Waals surface area contributed by atoms with E-state index in [2.05, 4.69) is 6.07 Å². The Bertz CT molecular complexity index is 1030. The third-order valence-electron chi connectivity index (χ3n) is 4.93. The number of carbonyl (C=O) groups excluding carboxylic acids is 1. The number of aryl methyl sites for hydroxylation is 2. The molecule has 4 heteroatoms. The fourth-order valence-electron chi connectivity index (χ4n) is 3.52. The van der Waals surface area contributed by atoms with Crippen molar-refractivity contribution in [3.63, 3.8) is 0 Å². The zero-order chi connectivity index (χ0) is 18.1. The Hall–Kier alpha value is -2.88. The highest BCUT2D eigenvalue weighted by atomic mass is 16.5. The molecule has 0 saturated carbocycles. The standard InChI is InChI=1S/C22H20O4/c1-2-20(23)14-6-8-18(9-7-14)25-13-17-12-22(24)26-21-11-16-5-3-4-15(16)10-19(17)21/h6-12H,2-5,13H2,1H3. The summed E-state index contributed by atoms with van der Waals surface area (Å²) in [5.74, 6) is 0.775. The fraction of sp³-hybridized carbons (Fsp3) is 0.273. The maximum Gasteiger partial charge on any atom is 0.336 e. The van der Waals surface area contributed by atoms with Gasteiger partial charge in [-0.15, -0.1) is 0 Å². The van der Waals surface area contributed by atoms with Crippen LogP contribution in [0.5, 0.6) is 5.75 Å². The van der Waals surface area contributed by atoms with E-state index >= 15 is 0 Å². The first kappa shape index (κ1) is 16.6. The molecule has 4 nitrogen and oxygen atoms in total. The molecule has 26 heavy (non-hydrogen) atoms. The first-order valence-electron chi connectivity index (χ1n) is 8.98. The molecule has 0 fully saturated rings. The van der Waals surface area contributed by atoms with Crippen molar-refractivity contribution in [1.82, 2.24) is 0 Å². The van der Waals surface area contributed by atoms with Crippen LogP contribution in [0.2, 0.25) is 0 Å². The van der Waals surface area contributed by atoms with E-state index < -0.39 is 0 Å². The highest BCUT2D eigenvalue weighted by molar-refractivity contribution is 5.95. The van der Waals surface area contributed by atoms with Crippen LogP contribution in [-0.4, -0.2) is 5.78 Å². The zero-order valence-electron chi connectivity index (χ0n) is 14.7. The topological polar surface area (TPSA) is 56.5 Å². The van der Waals surface area contributed by atoms with Crippen LogP contribution in [0.3, 0.4) is 0 Å². The molecule has 4 rings (SSSR count). The number of ketones is 1. The minimum Gasteiger partial charge on any atom is -0.489 e. The summed E-state index contributed by atoms with van der Waals surface area (Å²) < 4.78 is 11.2. The van der Waals surface area contributed by atoms with Crippen LogP contribution in [0.25, 0.3) is 11.0 Å². The molecular weight excluding hydrogens is 328 g/mol. The molecule has 0 atom stereocenters. The van der Waals surface area contributed by atoms with Crippen molar-refractivity contribution in [2.75, 3.05) is 0 Å². The number of hydrogen-bond donors (Lipinski definition) is 0. The molecule has 0 saturated heterocycles. The van der Waals surface area contributed by atoms with Crippen molar-refractivity contribution in [2.24, 2.45) is 0 Å². The SMILES string of the molecule is CCC(=O)c1ccc(OCc2cc(=O)oc3cc4c(cc23)CCC4)cc1. The number of carbonyl (C=O) groups is 1. The average Bonchev–Trinajstić information content (AvgIpc) is 3.11. The van der Waals surface area contributed by atoms with E-state index in [1.165, 1.54) is 17.2 Å². The summed E-state index contributed by atoms with van der Waals surface area (Å²) in [5.41, 5.74) is 4.37. The van der Waals surface area contributed by atoms with E-state index in [1.54, 1.807) is 24.3 Å². The van der Waals surface area contributed by atoms with Crippen LogP contribution in [0.4, 0.5) is 0 Å². The Kier molecular flexibility index (Phi) is 4.33. The monoisotopic (exact) mass is 348 g/mol. The number of Topliss-reactive ketones (excluding diaryl/α,β-unsaturated/α-hetero) is 1. The average molecular weight is 348 g/mol. The van der Waals surface area contributed by atoms with Crippen molar-refractivity contribution in [3.8, 4) is 5.75 Å². The number of hydrogen-bond acceptors (Lipinski definition) is 4. The van der Waals surface area contributed by atoms with E-state index in [1.807, 2.05) is 13.0 Å². The minimum absolute atomic E-state index is 0.108. The van der Waals surface area contributed by atoms with Gasteiger partial charge in [0, 0.05) is 29.0 Å². The molecule has 1 aliphatic rings. The summed E-state index contributed by atoms with van der Waals surface area (Å²) in [6, 6.07) is 12.7. The van der Waals surface area contributed by atoms with Crippen molar-refractivity contribution < 1.29 is 13.9 Å². The van der Waals surface area contributed by atoms with Crippen LogP contribution in [0, 0.1) is 0 Å². The van der Waals surface area contributed by atoms with Crippen LogP contribution in [0.15, 0.2) is 51.7 Å². The Morgan fingerprint density at radius 3 is 2.54 bits per heavy atom. The van der Waals surface area contributed by atoms with Crippen LogP contribution >= 0.6 is 0 Å². The van der Waals surface area contributed by atoms with Crippen molar-refractivity contribution >= 4 is 16.8 Å². The van der Waals surface area contributed by atoms with Gasteiger partial charge >= 0.3 is 5.63 Å². The predicted octanol–water partition coefficient (Wildman–Crippen LogP) is 4.45. The molecule has 1 aromatic heterocycles. The normalized spacial score (nSPS) is 13.0. The predicted molar refractivity (Wildman–Crippen MR) is 99.9 cm³/mol. The summed E-state index contributed by atoms with van der Waals surface area (Å²) in [7, 11) is 0. The Balaban J connectivity index is 1.61. The van der Waals surface area contributed by atoms with Crippen LogP contribution in [0.1, 0.15) is 46.8 Å². The van der Waals surface area contributed by atoms with Crippen LogP contribution < -0.4 is 10.4 Å². The van der Waals surface area contributed by atoms with Gasteiger partial charge < -0.3 is 9.15 Å². The van der Waals surface area contributed by atoms with E-state index in [-0.39, 0.29) is 18.0 Å². The summed E-state index contributed by atoms with van der Waals surface area (Å²) in [5, 5.41) is 0.933. The molecule has 0 amide bonds. The number of rotatable bonds is 5. The second-order valence-electron chi connectivity index (χ2n) is 6.65. The van der Waals surface area contributed by atoms with Crippen molar-refractivity contribution in [3.05, 3.63) is 75.1 Å². The molecule has 0 bridgehead atoms. The van der Waals surface area contributed by atoms with Gasteiger partial charge in [0.05, 0.1) is 0 Å². The van der Waals surface area contributed by atoms with E-state index in [0.29, 0.717) is 23.3 Å². The largest absolute Gasteiger partial charge is 0.489 e. The zero-order valence-corrected chi connectivity index (χ0v) is 14.7. The third-order valence-corrected chi connectivity index (χ3v) is 4.93. The molecule has 132 valence electrons. The van der Waals surface area contributed by atoms with Gasteiger partial charge in [-0.2, -0.15) is 0 Å². The van der Waals surface area contributed by atoms with Gasteiger partial charge in [0.2, 0.25) is 0 Å². The summed E-state index contributed by atoms with van der Waals surface area (Å²) in [4.78, 5) is 23.6. The quantitative estimate of drug-likeness (QED) is 0.505. The highest BCUT2D eigenvalue weighted by Crippen LogP contribution is 2.29. The number of fused-ring (bicyclic) bond motifs is 2. The van der Waals surface area contributed by atoms with Gasteiger partial charge in [-0.05, 0) is 66.8 Å². The lowest BCUT2D eigenvalue weighted by molar-refractivity contribution is 0.0988. The highest BCUT2D eigenvalue weighted by Gasteiger charge is 2.15. The lowest BCUT2D eigenvalue weighted by atomic mass is 10.0. The Morgan fingerprint density at radius 2 is 1.81 bits per heavy atom. The smallest absolute Gasteiger partial charge is 0.336 e. The number of benzene rings is 2. The molecule has 2 aromatic carbocycles. The Morgan fingerprint density at radius 1 is 1.08 bits per heavy atom. The lowest BCUT2D eigenvalue weighted by Gasteiger charge is -2.10. The van der Waals surface area contributed by atoms with E-state index in [9.17, 15) is 9.59 Å². The van der Waals surface area contributed by atoms with Crippen LogP contribution in [-0.2, 0) is 19.4 Å². The molecule has 0 spiro atoms. The molecule has 0 N–H and O–H groups in total. The molecular formula is C22H20O4. The first-order valence-corrected chi connectivity index (χ1v) is 8.98. The summed E-state index contributed by atoms with van der Waals surface area (Å²) >= 11 is 0. The van der Waals surface area contributed by atoms with E-state index in [0.717, 1.165) is 30.2 Å². The molecule has 0 radical (unpaired) electrons. The molecule has 0 unspecified atom stereocenters. The Labute approximate surface area is 151 Å². The second kappa shape index (κ2) is 6.79. The lowest BCUT2D eigenvalue weighted by Crippen LogP contribution is -2.05. The number of ether oxygens (including phenoxy) is 1. The maximum atomic E-state index is 11.9. The maximum absolute atomic E-state index is 11.9. The summed E-state index contributed by atoms with van der Waals surface area (Å²) in [6.07, 6.45) is 3.73. The van der Waals surface area contributed by atoms with Gasteiger partial charge in [0.15, 0.2) is 5.78 Å². The van der Waals surface area contributed by atoms with Gasteiger partial charge in [0.25, 0.3) is 0 Å². The first-order chi connectivity index (χ1) is 12.6. The van der Waals surface area contributed by atoms with E-state index in [4.69, 9.17) is 9.15 Å². The molecule has 1 aliphatic carbocycles. The molecule has 0 aliphatic heterocycles. The fourth-order valence-corrected chi connectivity index (χ4v) is 3.52. The van der Waals surface area contributed by atoms with Crippen molar-refractivity contribution in [2.45, 2.75) is 39.2 Å². The molecule has 3 aromatic rings. The second-order valence-corrected chi connectivity index (χ2v) is 6.65. The van der Waals surface area contributed by atoms with Gasteiger partial charge in [0.1, 0.15) is 17.9 Å². The van der Waals surface area contributed by atoms with Gasteiger partial charge in [-0.25, -0.2) is 4.79 Å². The third kappa shape index (κ3) is 3.15. The molecule has 1 heterocycles. The minimum atomic E-state index is -0.363.